The maximum absolute atomic E-state index is 14.2. The number of aromatic nitrogens is 1. The Labute approximate surface area is 214 Å². The van der Waals surface area contributed by atoms with Gasteiger partial charge in [0.2, 0.25) is 5.96 Å². The summed E-state index contributed by atoms with van der Waals surface area (Å²) in [6.45, 7) is 6.45. The van der Waals surface area contributed by atoms with Crippen molar-refractivity contribution in [1.82, 2.24) is 15.3 Å². The Morgan fingerprint density at radius 3 is 2.92 bits per heavy atom. The summed E-state index contributed by atoms with van der Waals surface area (Å²) in [4.78, 5) is 15.3. The molecule has 36 heavy (non-hydrogen) atoms. The molecule has 1 fully saturated rings. The Bertz CT molecular complexity index is 1200. The van der Waals surface area contributed by atoms with Crippen LogP contribution in [0.25, 0.3) is 10.4 Å². The first-order chi connectivity index (χ1) is 17.7. The Balaban J connectivity index is 1.29. The predicted octanol–water partition coefficient (Wildman–Crippen LogP) is 5.07. The fourth-order valence-corrected chi connectivity index (χ4v) is 4.24. The largest absolute Gasteiger partial charge is 0.380 e. The zero-order valence-electron chi connectivity index (χ0n) is 19.8. The van der Waals surface area contributed by atoms with Gasteiger partial charge in [-0.05, 0) is 54.4 Å². The molecule has 0 radical (unpaired) electrons. The Morgan fingerprint density at radius 1 is 1.17 bits per heavy atom. The van der Waals surface area contributed by atoms with Gasteiger partial charge in [-0.2, -0.15) is 5.10 Å². The van der Waals surface area contributed by atoms with Gasteiger partial charge in [-0.15, -0.1) is 11.3 Å². The molecule has 2 aromatic heterocycles. The number of ether oxygens (including phenoxy) is 1. The summed E-state index contributed by atoms with van der Waals surface area (Å²) < 4.78 is 19.6. The van der Waals surface area contributed by atoms with Gasteiger partial charge < -0.3 is 10.1 Å². The lowest BCUT2D eigenvalue weighted by molar-refractivity contribution is 0.142. The standard InChI is InChI=1S/C26H28FN7OS/c1-28-26(30-16-21(27)19-34-10-4-12-35-13-11-34)33-31-18-23-8-9-24(17-29-23)32-22-6-2-5-20(15-22)25-7-3-14-36-25/h2-3,5-9,14-18,32H,1,4,10-13,19H2,(H,30,33)/b21-16+,31-18+. The molecule has 0 amide bonds. The van der Waals surface area contributed by atoms with Gasteiger partial charge in [-0.1, -0.05) is 18.2 Å². The summed E-state index contributed by atoms with van der Waals surface area (Å²) in [7, 11) is 0. The van der Waals surface area contributed by atoms with Crippen LogP contribution in [0.1, 0.15) is 12.1 Å². The second kappa shape index (κ2) is 13.4. The highest BCUT2D eigenvalue weighted by Crippen LogP contribution is 2.27. The molecule has 2 N–H and O–H groups in total. The van der Waals surface area contributed by atoms with Gasteiger partial charge in [0.05, 0.1) is 43.1 Å². The monoisotopic (exact) mass is 505 g/mol. The number of pyridine rings is 1. The van der Waals surface area contributed by atoms with Crippen molar-refractivity contribution in [3.8, 4) is 10.4 Å². The van der Waals surface area contributed by atoms with Crippen LogP contribution in [0.4, 0.5) is 15.8 Å². The zero-order valence-corrected chi connectivity index (χ0v) is 20.6. The lowest BCUT2D eigenvalue weighted by Crippen LogP contribution is -2.27. The summed E-state index contributed by atoms with van der Waals surface area (Å²) in [5, 5.41) is 9.50. The fourth-order valence-electron chi connectivity index (χ4n) is 3.52. The Kier molecular flexibility index (Phi) is 9.43. The van der Waals surface area contributed by atoms with Crippen LogP contribution in [0.5, 0.6) is 0 Å². The first-order valence-electron chi connectivity index (χ1n) is 11.5. The molecule has 10 heteroatoms. The highest BCUT2D eigenvalue weighted by atomic mass is 32.1. The molecule has 4 rings (SSSR count). The molecule has 1 aliphatic heterocycles. The molecule has 1 aromatic carbocycles. The van der Waals surface area contributed by atoms with E-state index in [0.717, 1.165) is 36.1 Å². The van der Waals surface area contributed by atoms with Crippen molar-refractivity contribution in [2.75, 3.05) is 38.2 Å². The first-order valence-corrected chi connectivity index (χ1v) is 12.4. The van der Waals surface area contributed by atoms with E-state index in [4.69, 9.17) is 4.74 Å². The van der Waals surface area contributed by atoms with Crippen LogP contribution in [0.15, 0.2) is 87.2 Å². The number of rotatable bonds is 8. The van der Waals surface area contributed by atoms with Crippen LogP contribution >= 0.6 is 11.3 Å². The van der Waals surface area contributed by atoms with E-state index in [1.54, 1.807) is 17.5 Å². The molecule has 0 spiro atoms. The third kappa shape index (κ3) is 7.91. The van der Waals surface area contributed by atoms with E-state index in [1.165, 1.54) is 11.1 Å². The van der Waals surface area contributed by atoms with E-state index in [0.29, 0.717) is 25.5 Å². The van der Waals surface area contributed by atoms with E-state index in [1.807, 2.05) is 35.2 Å². The van der Waals surface area contributed by atoms with Crippen LogP contribution in [0, 0.1) is 0 Å². The zero-order chi connectivity index (χ0) is 25.0. The third-order valence-electron chi connectivity index (χ3n) is 5.27. The summed E-state index contributed by atoms with van der Waals surface area (Å²) >= 11 is 1.71. The van der Waals surface area contributed by atoms with Crippen LogP contribution in [0.2, 0.25) is 0 Å². The number of benzene rings is 1. The second-order valence-corrected chi connectivity index (χ2v) is 8.90. The maximum atomic E-state index is 14.2. The summed E-state index contributed by atoms with van der Waals surface area (Å²) in [5.74, 6) is -0.279. The molecular formula is C26H28FN7OS. The summed E-state index contributed by atoms with van der Waals surface area (Å²) in [6.07, 6.45) is 5.27. The van der Waals surface area contributed by atoms with Crippen LogP contribution in [0.3, 0.4) is 0 Å². The van der Waals surface area contributed by atoms with Crippen LogP contribution < -0.4 is 10.7 Å². The number of halogens is 1. The SMILES string of the molecule is C=NC(=N/C=C(/F)CN1CCCOCC1)N/N=C/c1ccc(Nc2cccc(-c3cccs3)c2)cn1. The normalized spacial score (nSPS) is 15.6. The van der Waals surface area contributed by atoms with Gasteiger partial charge in [-0.25, -0.2) is 19.8 Å². The topological polar surface area (TPSA) is 86.5 Å². The predicted molar refractivity (Wildman–Crippen MR) is 146 cm³/mol. The smallest absolute Gasteiger partial charge is 0.242 e. The van der Waals surface area contributed by atoms with E-state index in [-0.39, 0.29) is 18.3 Å². The number of nitrogens with zero attached hydrogens (tertiary/aromatic N) is 5. The molecule has 186 valence electrons. The van der Waals surface area contributed by atoms with Crippen molar-refractivity contribution in [2.24, 2.45) is 15.1 Å². The van der Waals surface area contributed by atoms with Gasteiger partial charge >= 0.3 is 0 Å². The fraction of sp³-hybridized carbons (Fsp3) is 0.231. The number of hydrogen-bond acceptors (Lipinski definition) is 7. The molecule has 0 saturated carbocycles. The van der Waals surface area contributed by atoms with Gasteiger partial charge in [0.25, 0.3) is 0 Å². The minimum Gasteiger partial charge on any atom is -0.380 e. The number of anilines is 2. The van der Waals surface area contributed by atoms with Gasteiger partial charge in [0.15, 0.2) is 0 Å². The van der Waals surface area contributed by atoms with E-state index in [2.05, 4.69) is 61.1 Å². The Hall–Kier alpha value is -3.73. The van der Waals surface area contributed by atoms with Crippen molar-refractivity contribution in [2.45, 2.75) is 6.42 Å². The summed E-state index contributed by atoms with van der Waals surface area (Å²) in [6, 6.07) is 16.1. The van der Waals surface area contributed by atoms with E-state index < -0.39 is 0 Å². The molecule has 3 heterocycles. The van der Waals surface area contributed by atoms with Gasteiger partial charge in [0.1, 0.15) is 5.83 Å². The molecule has 0 aliphatic carbocycles. The molecule has 8 nitrogen and oxygen atoms in total. The average Bonchev–Trinajstić information content (AvgIpc) is 3.33. The lowest BCUT2D eigenvalue weighted by atomic mass is 10.1. The van der Waals surface area contributed by atoms with Crippen LogP contribution in [-0.4, -0.2) is 61.6 Å². The minimum atomic E-state index is -0.366. The highest BCUT2D eigenvalue weighted by Gasteiger charge is 2.10. The number of guanidine groups is 1. The van der Waals surface area contributed by atoms with Crippen molar-refractivity contribution >= 4 is 41.6 Å². The van der Waals surface area contributed by atoms with E-state index >= 15 is 0 Å². The van der Waals surface area contributed by atoms with Crippen LogP contribution in [-0.2, 0) is 4.74 Å². The van der Waals surface area contributed by atoms with Crippen molar-refractivity contribution < 1.29 is 9.13 Å². The quantitative estimate of drug-likeness (QED) is 0.254. The molecule has 3 aromatic rings. The average molecular weight is 506 g/mol. The number of hydrazone groups is 1. The van der Waals surface area contributed by atoms with E-state index in [9.17, 15) is 4.39 Å². The third-order valence-corrected chi connectivity index (χ3v) is 6.19. The molecule has 1 aliphatic rings. The number of hydrogen-bond donors (Lipinski definition) is 2. The maximum Gasteiger partial charge on any atom is 0.242 e. The van der Waals surface area contributed by atoms with Crippen molar-refractivity contribution in [3.63, 3.8) is 0 Å². The number of nitrogens with one attached hydrogen (secondary N) is 2. The molecule has 0 bridgehead atoms. The molecule has 0 atom stereocenters. The number of thiophene rings is 1. The minimum absolute atomic E-state index is 0.0875. The van der Waals surface area contributed by atoms with Gasteiger partial charge in [-0.3, -0.25) is 9.88 Å². The molecule has 0 unspecified atom stereocenters. The lowest BCUT2D eigenvalue weighted by Gasteiger charge is -2.17. The van der Waals surface area contributed by atoms with Crippen molar-refractivity contribution in [3.05, 3.63) is 77.8 Å². The second-order valence-electron chi connectivity index (χ2n) is 7.95. The summed E-state index contributed by atoms with van der Waals surface area (Å²) in [5.41, 5.74) is 6.29. The Morgan fingerprint density at radius 2 is 2.11 bits per heavy atom. The molecular weight excluding hydrogens is 477 g/mol. The van der Waals surface area contributed by atoms with Gasteiger partial charge in [0, 0.05) is 30.3 Å². The van der Waals surface area contributed by atoms with Crippen molar-refractivity contribution in [1.29, 1.82) is 0 Å². The first kappa shape index (κ1) is 25.4. The molecule has 1 saturated heterocycles. The number of aliphatic imine (C=N–C) groups is 2. The highest BCUT2D eigenvalue weighted by molar-refractivity contribution is 7.13.